The van der Waals surface area contributed by atoms with Crippen molar-refractivity contribution < 1.29 is 0 Å². The lowest BCUT2D eigenvalue weighted by Gasteiger charge is -1.90. The first-order valence-electron chi connectivity index (χ1n) is 2.27. The molecule has 1 unspecified atom stereocenters. The molecule has 0 heterocycles. The van der Waals surface area contributed by atoms with E-state index in [0.717, 1.165) is 5.92 Å². The summed E-state index contributed by atoms with van der Waals surface area (Å²) in [5, 5.41) is 0. The van der Waals surface area contributed by atoms with E-state index >= 15 is 0 Å². The van der Waals surface area contributed by atoms with Crippen molar-refractivity contribution in [3.8, 4) is 0 Å². The Labute approximate surface area is 68.3 Å². The van der Waals surface area contributed by atoms with Crippen LogP contribution in [0.3, 0.4) is 0 Å². The Morgan fingerprint density at radius 2 is 1.25 bits per heavy atom. The first-order valence-corrected chi connectivity index (χ1v) is 2.27. The second-order valence-corrected chi connectivity index (χ2v) is 1.80. The summed E-state index contributed by atoms with van der Waals surface area (Å²) in [6, 6.07) is 0. The van der Waals surface area contributed by atoms with E-state index < -0.39 is 0 Å². The summed E-state index contributed by atoms with van der Waals surface area (Å²) in [6.07, 6.45) is 1.31. The normalized spacial score (nSPS) is 6.00. The molecule has 0 aromatic rings. The van der Waals surface area contributed by atoms with Gasteiger partial charge in [0.15, 0.2) is 0 Å². The predicted molar refractivity (Wildman–Crippen MR) is 50.7 cm³/mol. The molecule has 0 aromatic heterocycles. The lowest BCUT2D eigenvalue weighted by Crippen LogP contribution is -1.77. The molecule has 0 rings (SSSR count). The van der Waals surface area contributed by atoms with Gasteiger partial charge in [0.25, 0.3) is 0 Å². The largest absolute Gasteiger partial charge is 0.153 e. The molecule has 0 aliphatic rings. The van der Waals surface area contributed by atoms with Crippen molar-refractivity contribution in [1.29, 1.82) is 0 Å². The summed E-state index contributed by atoms with van der Waals surface area (Å²) in [5.41, 5.74) is 0. The van der Waals surface area contributed by atoms with Gasteiger partial charge in [0.05, 0.1) is 0 Å². The molecule has 8 heavy (non-hydrogen) atoms. The highest BCUT2D eigenvalue weighted by molar-refractivity contribution is 6.92. The number of rotatable bonds is 1. The fourth-order valence-corrected chi connectivity index (χ4v) is 0. The minimum absolute atomic E-state index is 0. The molecule has 0 N–H and O–H groups in total. The molecule has 1 atom stereocenters. The number of hydrogen-bond acceptors (Lipinski definition) is 0. The zero-order valence-corrected chi connectivity index (χ0v) is 8.86. The Morgan fingerprint density at radius 3 is 1.25 bits per heavy atom. The smallest absolute Gasteiger partial charge is 0.0474 e. The highest BCUT2D eigenvalue weighted by atomic mass is 35.5. The maximum absolute atomic E-state index is 2.22. The molecule has 0 spiro atoms. The van der Waals surface area contributed by atoms with Gasteiger partial charge in [-0.3, -0.25) is 0 Å². The molecule has 0 aliphatic heterocycles. The van der Waals surface area contributed by atoms with Gasteiger partial charge in [0.1, 0.15) is 0 Å². The van der Waals surface area contributed by atoms with Crippen molar-refractivity contribution >= 4 is 34.7 Å². The van der Waals surface area contributed by atoms with E-state index in [0.29, 0.717) is 0 Å². The van der Waals surface area contributed by atoms with E-state index in [1.807, 2.05) is 0 Å². The maximum Gasteiger partial charge on any atom is -0.0474 e. The summed E-state index contributed by atoms with van der Waals surface area (Å²) in [5.74, 6) is 0.884. The Kier molecular flexibility index (Phi) is 45.1. The van der Waals surface area contributed by atoms with Crippen LogP contribution in [-0.4, -0.2) is 0 Å². The van der Waals surface area contributed by atoms with Gasteiger partial charge in [0, 0.05) is 0 Å². The van der Waals surface area contributed by atoms with Crippen molar-refractivity contribution in [2.24, 2.45) is 5.92 Å². The zero-order valence-electron chi connectivity index (χ0n) is 5.81. The van der Waals surface area contributed by atoms with Crippen molar-refractivity contribution in [3.05, 3.63) is 0 Å². The molecule has 0 aliphatic carbocycles. The van der Waals surface area contributed by atoms with E-state index in [1.54, 1.807) is 0 Å². The first-order chi connectivity index (χ1) is 2.27. The molecule has 0 aromatic carbocycles. The van der Waals surface area contributed by atoms with Crippen LogP contribution in [0.4, 0.5) is 0 Å². The first kappa shape index (κ1) is 23.0. The standard InChI is InChI=1S/C5H12.2ClH.H3P/c1-4-5(2)3;;;/h5H,4H2,1-3H3;2*1H;1H3. The molecular weight excluding hydrogens is 162 g/mol. The van der Waals surface area contributed by atoms with Crippen LogP contribution < -0.4 is 0 Å². The zero-order chi connectivity index (χ0) is 4.28. The number of halogens is 2. The van der Waals surface area contributed by atoms with Crippen LogP contribution in [-0.2, 0) is 0 Å². The number of hydrogen-bond donors (Lipinski definition) is 0. The molecule has 0 amide bonds. The Bertz CT molecular complexity index is 24.4. The van der Waals surface area contributed by atoms with E-state index in [9.17, 15) is 0 Å². The average Bonchev–Trinajstić information content (AvgIpc) is 1.38. The SMILES string of the molecule is CCC(C)C.Cl.Cl.P. The maximum atomic E-state index is 2.22. The summed E-state index contributed by atoms with van der Waals surface area (Å²) in [4.78, 5) is 0. The minimum Gasteiger partial charge on any atom is -0.153 e. The molecule has 0 bridgehead atoms. The molecule has 0 fully saturated rings. The third-order valence-corrected chi connectivity index (χ3v) is 0.816. The Balaban J connectivity index is -0.0000000267. The van der Waals surface area contributed by atoms with Crippen molar-refractivity contribution in [2.45, 2.75) is 27.2 Å². The topological polar surface area (TPSA) is 0 Å². The predicted octanol–water partition coefficient (Wildman–Crippen LogP) is 2.95. The lowest BCUT2D eigenvalue weighted by atomic mass is 10.2. The van der Waals surface area contributed by atoms with E-state index in [-0.39, 0.29) is 34.7 Å². The molecule has 0 radical (unpaired) electrons. The van der Waals surface area contributed by atoms with Gasteiger partial charge in [-0.25, -0.2) is 0 Å². The van der Waals surface area contributed by atoms with Gasteiger partial charge in [-0.2, -0.15) is 9.90 Å². The van der Waals surface area contributed by atoms with Gasteiger partial charge < -0.3 is 0 Å². The van der Waals surface area contributed by atoms with Gasteiger partial charge in [-0.05, 0) is 5.92 Å². The van der Waals surface area contributed by atoms with Gasteiger partial charge in [-0.1, -0.05) is 27.2 Å². The highest BCUT2D eigenvalue weighted by Crippen LogP contribution is 1.93. The third kappa shape index (κ3) is 27.9. The van der Waals surface area contributed by atoms with Crippen molar-refractivity contribution in [1.82, 2.24) is 0 Å². The van der Waals surface area contributed by atoms with E-state index in [4.69, 9.17) is 0 Å². The van der Waals surface area contributed by atoms with E-state index in [1.165, 1.54) is 6.42 Å². The van der Waals surface area contributed by atoms with Gasteiger partial charge in [-0.15, -0.1) is 24.8 Å². The fourth-order valence-electron chi connectivity index (χ4n) is 0. The summed E-state index contributed by atoms with van der Waals surface area (Å²) in [6.45, 7) is 6.64. The second-order valence-electron chi connectivity index (χ2n) is 1.80. The minimum atomic E-state index is 0. The Morgan fingerprint density at radius 1 is 1.12 bits per heavy atom. The summed E-state index contributed by atoms with van der Waals surface area (Å²) >= 11 is 0. The van der Waals surface area contributed by atoms with Crippen LogP contribution >= 0.6 is 34.7 Å². The molecule has 0 saturated carbocycles. The monoisotopic (exact) mass is 178 g/mol. The molecule has 3 heteroatoms. The summed E-state index contributed by atoms with van der Waals surface area (Å²) in [7, 11) is 0. The highest BCUT2D eigenvalue weighted by Gasteiger charge is 1.80. The van der Waals surface area contributed by atoms with Crippen LogP contribution in [0.2, 0.25) is 0 Å². The van der Waals surface area contributed by atoms with Crippen LogP contribution in [0.15, 0.2) is 0 Å². The molecular formula is C5H17Cl2P. The van der Waals surface area contributed by atoms with Crippen LogP contribution in [0.1, 0.15) is 27.2 Å². The van der Waals surface area contributed by atoms with Crippen LogP contribution in [0, 0.1) is 5.92 Å². The van der Waals surface area contributed by atoms with E-state index in [2.05, 4.69) is 20.8 Å². The van der Waals surface area contributed by atoms with Crippen LogP contribution in [0.5, 0.6) is 0 Å². The van der Waals surface area contributed by atoms with Crippen LogP contribution in [0.25, 0.3) is 0 Å². The molecule has 56 valence electrons. The fraction of sp³-hybridized carbons (Fsp3) is 1.00. The van der Waals surface area contributed by atoms with Gasteiger partial charge in [0.2, 0.25) is 0 Å². The van der Waals surface area contributed by atoms with Crippen molar-refractivity contribution in [3.63, 3.8) is 0 Å². The summed E-state index contributed by atoms with van der Waals surface area (Å²) < 4.78 is 0. The average molecular weight is 179 g/mol. The molecule has 0 nitrogen and oxygen atoms in total. The molecule has 0 saturated heterocycles. The van der Waals surface area contributed by atoms with Gasteiger partial charge >= 0.3 is 0 Å². The van der Waals surface area contributed by atoms with Crippen molar-refractivity contribution in [2.75, 3.05) is 0 Å². The Hall–Kier alpha value is 1.01. The second kappa shape index (κ2) is 15.7. The lowest BCUT2D eigenvalue weighted by molar-refractivity contribution is 0.626. The quantitative estimate of drug-likeness (QED) is 0.543. The third-order valence-electron chi connectivity index (χ3n) is 0.816.